The highest BCUT2D eigenvalue weighted by atomic mass is 32.1. The van der Waals surface area contributed by atoms with Crippen LogP contribution in [0.3, 0.4) is 0 Å². The molecule has 0 spiro atoms. The van der Waals surface area contributed by atoms with Crippen LogP contribution in [0.1, 0.15) is 39.5 Å². The van der Waals surface area contributed by atoms with Gasteiger partial charge >= 0.3 is 5.97 Å². The van der Waals surface area contributed by atoms with E-state index >= 15 is 0 Å². The maximum absolute atomic E-state index is 12.4. The molecule has 204 valence electrons. The molecule has 1 aliphatic rings. The lowest BCUT2D eigenvalue weighted by atomic mass is 10.0. The lowest BCUT2D eigenvalue weighted by Crippen LogP contribution is -2.29. The minimum atomic E-state index is -0.446. The summed E-state index contributed by atoms with van der Waals surface area (Å²) in [6.45, 7) is 1.88. The predicted molar refractivity (Wildman–Crippen MR) is 155 cm³/mol. The number of nitrogens with one attached hydrogen (secondary N) is 2. The third-order valence-corrected chi connectivity index (χ3v) is 6.97. The van der Waals surface area contributed by atoms with E-state index in [-0.39, 0.29) is 18.6 Å². The van der Waals surface area contributed by atoms with Gasteiger partial charge in [0.25, 0.3) is 0 Å². The summed E-state index contributed by atoms with van der Waals surface area (Å²) in [6.07, 6.45) is 1.74. The number of nitrogens with zero attached hydrogens (tertiary/aromatic N) is 2. The molecule has 0 bridgehead atoms. The highest BCUT2D eigenvalue weighted by molar-refractivity contribution is 7.80. The van der Waals surface area contributed by atoms with Crippen molar-refractivity contribution in [1.82, 2.24) is 10.3 Å². The van der Waals surface area contributed by atoms with Crippen LogP contribution < -0.4 is 15.5 Å². The summed E-state index contributed by atoms with van der Waals surface area (Å²) >= 11 is 5.83. The Morgan fingerprint density at radius 3 is 2.60 bits per heavy atom. The Morgan fingerprint density at radius 1 is 1.07 bits per heavy atom. The molecule has 0 saturated carbocycles. The second-order valence-electron chi connectivity index (χ2n) is 9.22. The average Bonchev–Trinajstić information content (AvgIpc) is 3.59. The number of hydrogen-bond donors (Lipinski definition) is 2. The van der Waals surface area contributed by atoms with Gasteiger partial charge in [0.2, 0.25) is 5.91 Å². The van der Waals surface area contributed by atoms with Gasteiger partial charge in [-0.25, -0.2) is 4.79 Å². The minimum absolute atomic E-state index is 0.0327. The van der Waals surface area contributed by atoms with Crippen LogP contribution in [0.25, 0.3) is 11.3 Å². The largest absolute Gasteiger partial charge is 0.465 e. The molecule has 3 heterocycles. The Kier molecular flexibility index (Phi) is 7.90. The molecule has 0 radical (unpaired) electrons. The number of benzene rings is 2. The first-order valence-electron chi connectivity index (χ1n) is 12.6. The van der Waals surface area contributed by atoms with Crippen molar-refractivity contribution in [2.75, 3.05) is 31.0 Å². The second kappa shape index (κ2) is 11.7. The van der Waals surface area contributed by atoms with Crippen LogP contribution in [0.2, 0.25) is 0 Å². The number of furan rings is 1. The summed E-state index contributed by atoms with van der Waals surface area (Å²) in [5.41, 5.74) is 4.19. The van der Waals surface area contributed by atoms with E-state index in [4.69, 9.17) is 26.1 Å². The van der Waals surface area contributed by atoms with Gasteiger partial charge in [-0.1, -0.05) is 24.3 Å². The maximum atomic E-state index is 12.4. The van der Waals surface area contributed by atoms with Crippen molar-refractivity contribution in [3.05, 3.63) is 102 Å². The number of rotatable bonds is 8. The van der Waals surface area contributed by atoms with Crippen molar-refractivity contribution in [3.8, 4) is 11.3 Å². The van der Waals surface area contributed by atoms with Gasteiger partial charge in [0, 0.05) is 30.2 Å². The Morgan fingerprint density at radius 2 is 1.88 bits per heavy atom. The Balaban J connectivity index is 1.56. The fourth-order valence-electron chi connectivity index (χ4n) is 4.82. The van der Waals surface area contributed by atoms with E-state index in [1.54, 1.807) is 18.3 Å². The van der Waals surface area contributed by atoms with E-state index in [0.717, 1.165) is 16.9 Å². The molecule has 2 aromatic carbocycles. The molecular formula is C30H28N4O5S. The predicted octanol–water partition coefficient (Wildman–Crippen LogP) is 5.20. The molecule has 4 aromatic rings. The van der Waals surface area contributed by atoms with Crippen molar-refractivity contribution in [2.45, 2.75) is 19.0 Å². The molecule has 1 amide bonds. The molecule has 0 unspecified atom stereocenters. The number of ether oxygens (including phenoxy) is 2. The SMILES string of the molecule is COCC(=O)Nc1ccc(N2C(=S)N[C@@H](c3ccccn3)[C@H]2c2ccc(-c3ccccc3C(=O)OC)o2)cc1C. The Labute approximate surface area is 237 Å². The van der Waals surface area contributed by atoms with Gasteiger partial charge in [-0.3, -0.25) is 9.78 Å². The number of amides is 1. The van der Waals surface area contributed by atoms with Crippen LogP contribution in [0.4, 0.5) is 11.4 Å². The first kappa shape index (κ1) is 27.0. The third-order valence-electron chi connectivity index (χ3n) is 6.65. The number of pyridine rings is 1. The molecule has 1 saturated heterocycles. The van der Waals surface area contributed by atoms with Gasteiger partial charge in [0.05, 0.1) is 24.4 Å². The molecule has 2 aromatic heterocycles. The molecule has 1 aliphatic heterocycles. The zero-order chi connectivity index (χ0) is 28.2. The lowest BCUT2D eigenvalue weighted by molar-refractivity contribution is -0.119. The smallest absolute Gasteiger partial charge is 0.338 e. The van der Waals surface area contributed by atoms with Gasteiger partial charge in [-0.05, 0) is 73.2 Å². The fraction of sp³-hybridized carbons (Fsp3) is 0.200. The third kappa shape index (κ3) is 5.31. The summed E-state index contributed by atoms with van der Waals surface area (Å²) < 4.78 is 16.3. The zero-order valence-electron chi connectivity index (χ0n) is 22.2. The number of aryl methyl sites for hydroxylation is 1. The average molecular weight is 557 g/mol. The number of anilines is 2. The summed E-state index contributed by atoms with van der Waals surface area (Å²) in [5, 5.41) is 6.78. The van der Waals surface area contributed by atoms with Crippen molar-refractivity contribution in [2.24, 2.45) is 0 Å². The maximum Gasteiger partial charge on any atom is 0.338 e. The van der Waals surface area contributed by atoms with E-state index in [2.05, 4.69) is 15.6 Å². The number of thiocarbonyl (C=S) groups is 1. The molecule has 2 N–H and O–H groups in total. The van der Waals surface area contributed by atoms with Gasteiger partial charge < -0.3 is 29.4 Å². The fourth-order valence-corrected chi connectivity index (χ4v) is 5.17. The van der Waals surface area contributed by atoms with Gasteiger partial charge in [-0.15, -0.1) is 0 Å². The highest BCUT2D eigenvalue weighted by Gasteiger charge is 2.42. The van der Waals surface area contributed by atoms with Crippen molar-refractivity contribution in [3.63, 3.8) is 0 Å². The van der Waals surface area contributed by atoms with E-state index in [1.165, 1.54) is 14.2 Å². The molecule has 1 fully saturated rings. The molecule has 2 atom stereocenters. The van der Waals surface area contributed by atoms with Crippen LogP contribution in [0.15, 0.2) is 83.4 Å². The quantitative estimate of drug-likeness (QED) is 0.224. The molecule has 40 heavy (non-hydrogen) atoms. The molecule has 10 heteroatoms. The standard InChI is InChI=1S/C30H28N4O5S/c1-18-16-19(11-12-22(18)32-26(35)17-37-2)34-28(27(33-30(34)40)23-10-6-7-15-31-23)25-14-13-24(39-25)20-8-4-5-9-21(20)29(36)38-3/h4-16,27-28H,17H2,1-3H3,(H,32,35)(H,33,40)/t27-,28+/m0/s1. The number of methoxy groups -OCH3 is 2. The van der Waals surface area contributed by atoms with Gasteiger partial charge in [0.1, 0.15) is 24.2 Å². The topological polar surface area (TPSA) is 106 Å². The van der Waals surface area contributed by atoms with E-state index in [9.17, 15) is 9.59 Å². The molecule has 0 aliphatic carbocycles. The van der Waals surface area contributed by atoms with Crippen molar-refractivity contribution >= 4 is 40.6 Å². The zero-order valence-corrected chi connectivity index (χ0v) is 23.0. The number of carbonyl (C=O) groups excluding carboxylic acids is 2. The number of carbonyl (C=O) groups is 2. The highest BCUT2D eigenvalue weighted by Crippen LogP contribution is 2.43. The van der Waals surface area contributed by atoms with Crippen molar-refractivity contribution in [1.29, 1.82) is 0 Å². The summed E-state index contributed by atoms with van der Waals surface area (Å²) in [6, 6.07) is 21.6. The van der Waals surface area contributed by atoms with E-state index in [0.29, 0.717) is 33.4 Å². The molecular weight excluding hydrogens is 528 g/mol. The normalized spacial score (nSPS) is 16.5. The van der Waals surface area contributed by atoms with Gasteiger partial charge in [0.15, 0.2) is 5.11 Å². The minimum Gasteiger partial charge on any atom is -0.465 e. The Bertz CT molecular complexity index is 1550. The monoisotopic (exact) mass is 556 g/mol. The number of esters is 1. The Hall–Kier alpha value is -4.54. The van der Waals surface area contributed by atoms with E-state index < -0.39 is 12.0 Å². The summed E-state index contributed by atoms with van der Waals surface area (Å²) in [5.74, 6) is 0.479. The van der Waals surface area contributed by atoms with Crippen LogP contribution in [0, 0.1) is 6.92 Å². The first-order valence-corrected chi connectivity index (χ1v) is 13.0. The number of aromatic nitrogens is 1. The first-order chi connectivity index (χ1) is 19.4. The lowest BCUT2D eigenvalue weighted by Gasteiger charge is -2.27. The summed E-state index contributed by atoms with van der Waals surface area (Å²) in [4.78, 5) is 31.1. The van der Waals surface area contributed by atoms with Crippen LogP contribution in [0.5, 0.6) is 0 Å². The molecule has 9 nitrogen and oxygen atoms in total. The van der Waals surface area contributed by atoms with E-state index in [1.807, 2.05) is 72.5 Å². The van der Waals surface area contributed by atoms with Crippen molar-refractivity contribution < 1.29 is 23.5 Å². The molecule has 5 rings (SSSR count). The van der Waals surface area contributed by atoms with Crippen LogP contribution >= 0.6 is 12.2 Å². The van der Waals surface area contributed by atoms with Gasteiger partial charge in [-0.2, -0.15) is 0 Å². The second-order valence-corrected chi connectivity index (χ2v) is 9.60. The van der Waals surface area contributed by atoms with Crippen LogP contribution in [-0.2, 0) is 14.3 Å². The van der Waals surface area contributed by atoms with Crippen LogP contribution in [-0.4, -0.2) is 42.8 Å². The summed E-state index contributed by atoms with van der Waals surface area (Å²) in [7, 11) is 2.83. The number of hydrogen-bond acceptors (Lipinski definition) is 7.